The van der Waals surface area contributed by atoms with Crippen molar-refractivity contribution in [2.24, 2.45) is 5.11 Å². The second-order valence-corrected chi connectivity index (χ2v) is 6.73. The fourth-order valence-electron chi connectivity index (χ4n) is 2.80. The molecule has 0 fully saturated rings. The Hall–Kier alpha value is -0.770. The average molecular weight is 328 g/mol. The lowest BCUT2D eigenvalue weighted by Gasteiger charge is -2.18. The second kappa shape index (κ2) is 16.1. The van der Waals surface area contributed by atoms with Crippen LogP contribution in [0.2, 0.25) is 0 Å². The second-order valence-electron chi connectivity index (χ2n) is 6.73. The third-order valence-electron chi connectivity index (χ3n) is 4.45. The van der Waals surface area contributed by atoms with Crippen molar-refractivity contribution in [1.29, 1.82) is 0 Å². The lowest BCUT2D eigenvalue weighted by molar-refractivity contribution is 0.0630. The molecule has 5 heteroatoms. The van der Waals surface area contributed by atoms with Gasteiger partial charge in [0.25, 0.3) is 0 Å². The molecule has 0 aromatic carbocycles. The summed E-state index contributed by atoms with van der Waals surface area (Å²) < 4.78 is 0. The quantitative estimate of drug-likeness (QED) is 0.170. The molecule has 0 aliphatic rings. The van der Waals surface area contributed by atoms with Crippen molar-refractivity contribution in [3.8, 4) is 0 Å². The molecule has 0 heterocycles. The minimum absolute atomic E-state index is 0.290. The molecule has 0 aromatic rings. The molecule has 136 valence electrons. The summed E-state index contributed by atoms with van der Waals surface area (Å²) in [5.74, 6) is 0. The van der Waals surface area contributed by atoms with Crippen LogP contribution < -0.4 is 0 Å². The van der Waals surface area contributed by atoms with Crippen molar-refractivity contribution in [2.75, 3.05) is 0 Å². The van der Waals surface area contributed by atoms with Gasteiger partial charge in [-0.3, -0.25) is 0 Å². The summed E-state index contributed by atoms with van der Waals surface area (Å²) in [7, 11) is 0. The highest BCUT2D eigenvalue weighted by Gasteiger charge is 2.16. The van der Waals surface area contributed by atoms with Crippen molar-refractivity contribution in [1.82, 2.24) is 0 Å². The van der Waals surface area contributed by atoms with Gasteiger partial charge in [0.2, 0.25) is 0 Å². The normalized spacial score (nSPS) is 15.0. The van der Waals surface area contributed by atoms with E-state index >= 15 is 0 Å². The van der Waals surface area contributed by atoms with Crippen LogP contribution in [-0.2, 0) is 0 Å². The van der Waals surface area contributed by atoms with Gasteiger partial charge < -0.3 is 10.2 Å². The van der Waals surface area contributed by atoms with Crippen LogP contribution in [0.3, 0.4) is 0 Å². The maximum Gasteiger partial charge on any atom is 0.0646 e. The van der Waals surface area contributed by atoms with E-state index in [0.29, 0.717) is 0 Å². The fraction of sp³-hybridized carbons (Fsp3) is 1.00. The molecule has 0 rings (SSSR count). The zero-order valence-corrected chi connectivity index (χ0v) is 15.2. The van der Waals surface area contributed by atoms with Gasteiger partial charge in [-0.2, -0.15) is 0 Å². The summed E-state index contributed by atoms with van der Waals surface area (Å²) in [6.07, 6.45) is 14.0. The average Bonchev–Trinajstić information content (AvgIpc) is 2.52. The molecule has 23 heavy (non-hydrogen) atoms. The van der Waals surface area contributed by atoms with Gasteiger partial charge in [-0.25, -0.2) is 0 Å². The van der Waals surface area contributed by atoms with E-state index in [1.165, 1.54) is 57.8 Å². The van der Waals surface area contributed by atoms with Gasteiger partial charge >= 0.3 is 0 Å². The van der Waals surface area contributed by atoms with E-state index in [4.69, 9.17) is 5.53 Å². The van der Waals surface area contributed by atoms with Gasteiger partial charge in [-0.15, -0.1) is 0 Å². The first kappa shape index (κ1) is 22.2. The van der Waals surface area contributed by atoms with Gasteiger partial charge in [0.1, 0.15) is 0 Å². The topological polar surface area (TPSA) is 89.2 Å². The SMILES string of the molecule is CCCCCCCCCCCCC[C@H](O)C[C@@H](O)[C@H](C)N=[N+]=[N-]. The molecule has 5 nitrogen and oxygen atoms in total. The van der Waals surface area contributed by atoms with Gasteiger partial charge in [0.05, 0.1) is 18.2 Å². The Kier molecular flexibility index (Phi) is 15.6. The zero-order valence-electron chi connectivity index (χ0n) is 15.2. The van der Waals surface area contributed by atoms with E-state index in [1.807, 2.05) is 0 Å². The summed E-state index contributed by atoms with van der Waals surface area (Å²) in [6, 6.07) is -0.480. The molecule has 0 saturated carbocycles. The number of azide groups is 1. The smallest absolute Gasteiger partial charge is 0.0646 e. The summed E-state index contributed by atoms with van der Waals surface area (Å²) in [5.41, 5.74) is 8.32. The standard InChI is InChI=1S/C18H37N3O2/c1-3-4-5-6-7-8-9-10-11-12-13-14-17(22)15-18(23)16(2)20-21-19/h16-18,22-23H,3-15H2,1-2H3/t16-,17-,18+/m0/s1. The highest BCUT2D eigenvalue weighted by molar-refractivity contribution is 4.74. The number of rotatable bonds is 16. The van der Waals surface area contributed by atoms with Gasteiger partial charge in [0.15, 0.2) is 0 Å². The van der Waals surface area contributed by atoms with E-state index in [0.717, 1.165) is 19.3 Å². The predicted molar refractivity (Wildman–Crippen MR) is 96.3 cm³/mol. The van der Waals surface area contributed by atoms with E-state index in [2.05, 4.69) is 16.9 Å². The Morgan fingerprint density at radius 3 is 1.83 bits per heavy atom. The van der Waals surface area contributed by atoms with Crippen LogP contribution in [0.5, 0.6) is 0 Å². The number of hydrogen-bond acceptors (Lipinski definition) is 3. The first-order valence-electron chi connectivity index (χ1n) is 9.52. The Labute approximate surface area is 142 Å². The van der Waals surface area contributed by atoms with Crippen LogP contribution in [0.15, 0.2) is 5.11 Å². The molecule has 0 saturated heterocycles. The minimum Gasteiger partial charge on any atom is -0.393 e. The molecule has 0 bridgehead atoms. The molecular weight excluding hydrogens is 290 g/mol. The number of hydrogen-bond donors (Lipinski definition) is 2. The van der Waals surface area contributed by atoms with Crippen LogP contribution in [-0.4, -0.2) is 28.5 Å². The Bertz CT molecular complexity index is 307. The minimum atomic E-state index is -0.756. The lowest BCUT2D eigenvalue weighted by atomic mass is 10.0. The van der Waals surface area contributed by atoms with Crippen molar-refractivity contribution in [3.63, 3.8) is 0 Å². The molecular formula is C18H37N3O2. The lowest BCUT2D eigenvalue weighted by Crippen LogP contribution is -2.26. The molecule has 0 radical (unpaired) electrons. The largest absolute Gasteiger partial charge is 0.393 e. The first-order valence-corrected chi connectivity index (χ1v) is 9.52. The van der Waals surface area contributed by atoms with Crippen LogP contribution >= 0.6 is 0 Å². The Morgan fingerprint density at radius 1 is 0.870 bits per heavy atom. The van der Waals surface area contributed by atoms with E-state index in [-0.39, 0.29) is 6.42 Å². The fourth-order valence-corrected chi connectivity index (χ4v) is 2.80. The summed E-state index contributed by atoms with van der Waals surface area (Å²) >= 11 is 0. The summed E-state index contributed by atoms with van der Waals surface area (Å²) in [6.45, 7) is 3.91. The third kappa shape index (κ3) is 14.5. The van der Waals surface area contributed by atoms with Crippen molar-refractivity contribution >= 4 is 0 Å². The highest BCUT2D eigenvalue weighted by atomic mass is 16.3. The highest BCUT2D eigenvalue weighted by Crippen LogP contribution is 2.15. The van der Waals surface area contributed by atoms with Crippen molar-refractivity contribution in [2.45, 2.75) is 116 Å². The first-order chi connectivity index (χ1) is 11.1. The van der Waals surface area contributed by atoms with Crippen molar-refractivity contribution in [3.05, 3.63) is 10.4 Å². The molecule has 2 N–H and O–H groups in total. The van der Waals surface area contributed by atoms with Crippen LogP contribution in [0, 0.1) is 0 Å². The molecule has 0 spiro atoms. The Morgan fingerprint density at radius 2 is 1.35 bits per heavy atom. The Balaban J connectivity index is 3.38. The van der Waals surface area contributed by atoms with Gasteiger partial charge in [-0.05, 0) is 18.4 Å². The molecule has 0 unspecified atom stereocenters. The number of nitrogens with zero attached hydrogens (tertiary/aromatic N) is 3. The van der Waals surface area contributed by atoms with Gasteiger partial charge in [-0.1, -0.05) is 89.6 Å². The van der Waals surface area contributed by atoms with Crippen LogP contribution in [0.25, 0.3) is 10.4 Å². The predicted octanol–water partition coefficient (Wildman–Crippen LogP) is 5.50. The summed E-state index contributed by atoms with van der Waals surface area (Å²) in [4.78, 5) is 2.68. The number of aliphatic hydroxyl groups is 2. The molecule has 0 aromatic heterocycles. The van der Waals surface area contributed by atoms with E-state index in [1.54, 1.807) is 6.92 Å². The summed E-state index contributed by atoms with van der Waals surface area (Å²) in [5, 5.41) is 23.1. The molecule has 0 aliphatic heterocycles. The van der Waals surface area contributed by atoms with Crippen LogP contribution in [0.1, 0.15) is 97.3 Å². The van der Waals surface area contributed by atoms with Crippen molar-refractivity contribution < 1.29 is 10.2 Å². The maximum absolute atomic E-state index is 9.89. The zero-order chi connectivity index (χ0) is 17.3. The van der Waals surface area contributed by atoms with E-state index < -0.39 is 18.2 Å². The monoisotopic (exact) mass is 327 g/mol. The van der Waals surface area contributed by atoms with Crippen LogP contribution in [0.4, 0.5) is 0 Å². The number of unbranched alkanes of at least 4 members (excludes halogenated alkanes) is 10. The van der Waals surface area contributed by atoms with E-state index in [9.17, 15) is 10.2 Å². The maximum atomic E-state index is 9.89. The van der Waals surface area contributed by atoms with Gasteiger partial charge in [0, 0.05) is 4.91 Å². The molecule has 0 aliphatic carbocycles. The molecule has 0 amide bonds. The number of aliphatic hydroxyl groups excluding tert-OH is 2. The molecule has 3 atom stereocenters. The third-order valence-corrected chi connectivity index (χ3v) is 4.45.